The van der Waals surface area contributed by atoms with Crippen LogP contribution in [0.5, 0.6) is 0 Å². The summed E-state index contributed by atoms with van der Waals surface area (Å²) in [5.74, 6) is 1.36. The van der Waals surface area contributed by atoms with Crippen molar-refractivity contribution in [1.29, 1.82) is 0 Å². The maximum atomic E-state index is 5.72. The fourth-order valence-corrected chi connectivity index (χ4v) is 2.98. The van der Waals surface area contributed by atoms with E-state index >= 15 is 0 Å². The fourth-order valence-electron chi connectivity index (χ4n) is 2.98. The van der Waals surface area contributed by atoms with Crippen LogP contribution >= 0.6 is 12.4 Å². The molecule has 2 aromatic rings. The highest BCUT2D eigenvalue weighted by atomic mass is 35.5. The molecule has 0 saturated carbocycles. The van der Waals surface area contributed by atoms with Crippen molar-refractivity contribution in [2.45, 2.75) is 38.3 Å². The van der Waals surface area contributed by atoms with Crippen molar-refractivity contribution >= 4 is 12.4 Å². The molecule has 1 aliphatic rings. The van der Waals surface area contributed by atoms with E-state index in [2.05, 4.69) is 15.0 Å². The average molecular weight is 323 g/mol. The lowest BCUT2D eigenvalue weighted by Gasteiger charge is -2.34. The normalized spacial score (nSPS) is 18.9. The van der Waals surface area contributed by atoms with Gasteiger partial charge < -0.3 is 10.3 Å². The first-order valence-corrected chi connectivity index (χ1v) is 7.69. The Balaban J connectivity index is 0.00000176. The lowest BCUT2D eigenvalue weighted by Crippen LogP contribution is -2.40. The molecule has 5 nitrogen and oxygen atoms in total. The lowest BCUT2D eigenvalue weighted by molar-refractivity contribution is 0.118. The second-order valence-corrected chi connectivity index (χ2v) is 5.58. The molecule has 1 atom stereocenters. The van der Waals surface area contributed by atoms with E-state index in [1.165, 1.54) is 19.3 Å². The van der Waals surface area contributed by atoms with Crippen LogP contribution < -0.4 is 5.73 Å². The highest BCUT2D eigenvalue weighted by Gasteiger charge is 2.23. The number of hydrogen-bond acceptors (Lipinski definition) is 5. The van der Waals surface area contributed by atoms with Crippen molar-refractivity contribution in [1.82, 2.24) is 15.0 Å². The first-order valence-electron chi connectivity index (χ1n) is 7.69. The zero-order valence-corrected chi connectivity index (χ0v) is 13.5. The highest BCUT2D eigenvalue weighted by molar-refractivity contribution is 5.85. The van der Waals surface area contributed by atoms with Gasteiger partial charge in [-0.15, -0.1) is 12.4 Å². The van der Waals surface area contributed by atoms with Crippen LogP contribution in [-0.2, 0) is 6.54 Å². The van der Waals surface area contributed by atoms with Crippen LogP contribution in [0.15, 0.2) is 34.9 Å². The molecule has 0 aliphatic carbocycles. The Morgan fingerprint density at radius 3 is 2.82 bits per heavy atom. The maximum absolute atomic E-state index is 5.72. The SMILES string of the molecule is Cl.NCCC1CCCCN1Cc1nc(-c2ccccc2)no1. The predicted octanol–water partition coefficient (Wildman–Crippen LogP) is 2.86. The molecule has 0 amide bonds. The molecule has 2 heterocycles. The third kappa shape index (κ3) is 4.06. The van der Waals surface area contributed by atoms with Gasteiger partial charge in [0.15, 0.2) is 0 Å². The Morgan fingerprint density at radius 2 is 2.05 bits per heavy atom. The number of nitrogens with two attached hydrogens (primary N) is 1. The number of piperidine rings is 1. The minimum Gasteiger partial charge on any atom is -0.338 e. The van der Waals surface area contributed by atoms with Crippen molar-refractivity contribution in [2.75, 3.05) is 13.1 Å². The molecule has 0 bridgehead atoms. The molecule has 3 rings (SSSR count). The first-order chi connectivity index (χ1) is 10.4. The van der Waals surface area contributed by atoms with Crippen molar-refractivity contribution < 1.29 is 4.52 Å². The summed E-state index contributed by atoms with van der Waals surface area (Å²) in [6, 6.07) is 10.5. The monoisotopic (exact) mass is 322 g/mol. The number of hydrogen-bond donors (Lipinski definition) is 1. The lowest BCUT2D eigenvalue weighted by atomic mass is 9.99. The second kappa shape index (κ2) is 8.27. The molecule has 1 unspecified atom stereocenters. The third-order valence-corrected chi connectivity index (χ3v) is 4.09. The minimum absolute atomic E-state index is 0. The molecule has 1 saturated heterocycles. The van der Waals surface area contributed by atoms with E-state index in [1.54, 1.807) is 0 Å². The van der Waals surface area contributed by atoms with Gasteiger partial charge in [-0.05, 0) is 32.4 Å². The van der Waals surface area contributed by atoms with Crippen LogP contribution in [0.2, 0.25) is 0 Å². The highest BCUT2D eigenvalue weighted by Crippen LogP contribution is 2.22. The molecule has 1 aromatic carbocycles. The van der Waals surface area contributed by atoms with Gasteiger partial charge in [0.25, 0.3) is 0 Å². The molecular weight excluding hydrogens is 300 g/mol. The maximum Gasteiger partial charge on any atom is 0.241 e. The molecular formula is C16H23ClN4O. The van der Waals surface area contributed by atoms with Gasteiger partial charge in [-0.1, -0.05) is 41.9 Å². The number of rotatable bonds is 5. The third-order valence-electron chi connectivity index (χ3n) is 4.09. The summed E-state index contributed by atoms with van der Waals surface area (Å²) in [6.45, 7) is 2.55. The van der Waals surface area contributed by atoms with Crippen LogP contribution in [0, 0.1) is 0 Å². The Kier molecular flexibility index (Phi) is 6.36. The average Bonchev–Trinajstić information content (AvgIpc) is 2.99. The zero-order chi connectivity index (χ0) is 14.5. The molecule has 120 valence electrons. The number of benzene rings is 1. The van der Waals surface area contributed by atoms with E-state index in [-0.39, 0.29) is 12.4 Å². The molecule has 6 heteroatoms. The van der Waals surface area contributed by atoms with Crippen LogP contribution in [0.1, 0.15) is 31.6 Å². The van der Waals surface area contributed by atoms with Crippen molar-refractivity contribution in [3.05, 3.63) is 36.2 Å². The van der Waals surface area contributed by atoms with Crippen LogP contribution in [0.25, 0.3) is 11.4 Å². The van der Waals surface area contributed by atoms with Gasteiger partial charge in [-0.2, -0.15) is 4.98 Å². The first kappa shape index (κ1) is 16.9. The zero-order valence-electron chi connectivity index (χ0n) is 12.6. The number of likely N-dealkylation sites (tertiary alicyclic amines) is 1. The Bertz CT molecular complexity index is 558. The smallest absolute Gasteiger partial charge is 0.241 e. The van der Waals surface area contributed by atoms with Crippen LogP contribution in [-0.4, -0.2) is 34.2 Å². The van der Waals surface area contributed by atoms with Crippen LogP contribution in [0.4, 0.5) is 0 Å². The summed E-state index contributed by atoms with van der Waals surface area (Å²) in [7, 11) is 0. The standard InChI is InChI=1S/C16H22N4O.ClH/c17-10-9-14-8-4-5-11-20(14)12-15-18-16(19-21-15)13-6-2-1-3-7-13;/h1-3,6-7,14H,4-5,8-12,17H2;1H. The van der Waals surface area contributed by atoms with Gasteiger partial charge in [0.1, 0.15) is 0 Å². The summed E-state index contributed by atoms with van der Waals surface area (Å²) < 4.78 is 5.41. The fraction of sp³-hybridized carbons (Fsp3) is 0.500. The molecule has 1 aliphatic heterocycles. The van der Waals surface area contributed by atoms with Gasteiger partial charge in [-0.25, -0.2) is 0 Å². The Morgan fingerprint density at radius 1 is 1.23 bits per heavy atom. The molecule has 1 aromatic heterocycles. The summed E-state index contributed by atoms with van der Waals surface area (Å²) in [5, 5.41) is 4.09. The number of nitrogens with zero attached hydrogens (tertiary/aromatic N) is 3. The van der Waals surface area contributed by atoms with Gasteiger partial charge in [0, 0.05) is 11.6 Å². The van der Waals surface area contributed by atoms with E-state index < -0.39 is 0 Å². The van der Waals surface area contributed by atoms with Gasteiger partial charge >= 0.3 is 0 Å². The van der Waals surface area contributed by atoms with Gasteiger partial charge in [0.2, 0.25) is 11.7 Å². The van der Waals surface area contributed by atoms with E-state index in [0.717, 1.165) is 31.6 Å². The Hall–Kier alpha value is -1.43. The van der Waals surface area contributed by atoms with Crippen molar-refractivity contribution in [2.24, 2.45) is 5.73 Å². The molecule has 22 heavy (non-hydrogen) atoms. The van der Waals surface area contributed by atoms with Gasteiger partial charge in [0.05, 0.1) is 6.54 Å². The van der Waals surface area contributed by atoms with E-state index in [4.69, 9.17) is 10.3 Å². The molecule has 0 spiro atoms. The molecule has 1 fully saturated rings. The van der Waals surface area contributed by atoms with E-state index in [0.29, 0.717) is 17.8 Å². The topological polar surface area (TPSA) is 68.2 Å². The summed E-state index contributed by atoms with van der Waals surface area (Å²) in [6.07, 6.45) is 4.79. The van der Waals surface area contributed by atoms with Crippen molar-refractivity contribution in [3.8, 4) is 11.4 Å². The molecule has 2 N–H and O–H groups in total. The second-order valence-electron chi connectivity index (χ2n) is 5.58. The number of aromatic nitrogens is 2. The summed E-state index contributed by atoms with van der Waals surface area (Å²) in [5.41, 5.74) is 6.71. The molecule has 0 radical (unpaired) electrons. The largest absolute Gasteiger partial charge is 0.338 e. The Labute approximate surface area is 137 Å². The van der Waals surface area contributed by atoms with Crippen LogP contribution in [0.3, 0.4) is 0 Å². The summed E-state index contributed by atoms with van der Waals surface area (Å²) in [4.78, 5) is 6.95. The quantitative estimate of drug-likeness (QED) is 0.916. The predicted molar refractivity (Wildman–Crippen MR) is 88.7 cm³/mol. The number of halogens is 1. The minimum atomic E-state index is 0. The summed E-state index contributed by atoms with van der Waals surface area (Å²) >= 11 is 0. The van der Waals surface area contributed by atoms with Crippen molar-refractivity contribution in [3.63, 3.8) is 0 Å². The van der Waals surface area contributed by atoms with Gasteiger partial charge in [-0.3, -0.25) is 4.90 Å². The van der Waals surface area contributed by atoms with E-state index in [9.17, 15) is 0 Å². The van der Waals surface area contributed by atoms with E-state index in [1.807, 2.05) is 30.3 Å².